The van der Waals surface area contributed by atoms with Crippen molar-refractivity contribution >= 4 is 21.7 Å². The van der Waals surface area contributed by atoms with Gasteiger partial charge in [0, 0.05) is 18.3 Å². The Morgan fingerprint density at radius 3 is 1.96 bits per heavy atom. The Labute approximate surface area is 143 Å². The number of hydrogen-bond donors (Lipinski definition) is 0. The molecule has 0 aromatic heterocycles. The maximum Gasteiger partial charge on any atom is 0.340 e. The molecule has 1 rings (SSSR count). The van der Waals surface area contributed by atoms with Gasteiger partial charge in [0.25, 0.3) is 5.91 Å². The van der Waals surface area contributed by atoms with Crippen LogP contribution in [0.15, 0.2) is 29.2 Å². The number of amides is 1. The maximum absolute atomic E-state index is 12.5. The van der Waals surface area contributed by atoms with Crippen LogP contribution in [0, 0.1) is 0 Å². The summed E-state index contributed by atoms with van der Waals surface area (Å²) in [6, 6.07) is 5.71. The number of hydrogen-bond acceptors (Lipinski definition) is 5. The van der Waals surface area contributed by atoms with E-state index < -0.39 is 21.9 Å². The monoisotopic (exact) mass is 355 g/mol. The smallest absolute Gasteiger partial charge is 0.340 e. The average Bonchev–Trinajstić information content (AvgIpc) is 2.45. The van der Waals surface area contributed by atoms with Crippen LogP contribution in [0.4, 0.5) is 0 Å². The largest absolute Gasteiger partial charge is 0.449 e. The molecular weight excluding hydrogens is 330 g/mol. The first-order valence-corrected chi connectivity index (χ1v) is 9.68. The number of nitrogens with zero attached hydrogens (tertiary/aromatic N) is 1. The first kappa shape index (κ1) is 20.2. The molecule has 134 valence electrons. The van der Waals surface area contributed by atoms with Crippen LogP contribution < -0.4 is 0 Å². The zero-order chi connectivity index (χ0) is 18.7. The van der Waals surface area contributed by atoms with Gasteiger partial charge in [-0.25, -0.2) is 13.2 Å². The molecule has 0 aliphatic rings. The summed E-state index contributed by atoms with van der Waals surface area (Å²) >= 11 is 0. The van der Waals surface area contributed by atoms with E-state index in [2.05, 4.69) is 0 Å². The Kier molecular flexibility index (Phi) is 6.54. The van der Waals surface area contributed by atoms with Crippen LogP contribution in [0.2, 0.25) is 0 Å². The Hall–Kier alpha value is -1.89. The predicted octanol–water partition coefficient (Wildman–Crippen LogP) is 2.28. The zero-order valence-corrected chi connectivity index (χ0v) is 15.8. The number of carbonyl (C=O) groups is 2. The Morgan fingerprint density at radius 1 is 1.00 bits per heavy atom. The normalized spacial score (nSPS) is 13.0. The van der Waals surface area contributed by atoms with Crippen molar-refractivity contribution in [3.63, 3.8) is 0 Å². The third-order valence-electron chi connectivity index (χ3n) is 3.51. The molecule has 1 amide bonds. The van der Waals surface area contributed by atoms with Crippen molar-refractivity contribution in [1.82, 2.24) is 4.90 Å². The van der Waals surface area contributed by atoms with Crippen LogP contribution in [0.1, 0.15) is 45.0 Å². The van der Waals surface area contributed by atoms with E-state index >= 15 is 0 Å². The highest BCUT2D eigenvalue weighted by Gasteiger charge is 2.29. The van der Waals surface area contributed by atoms with Gasteiger partial charge in [-0.15, -0.1) is 0 Å². The van der Waals surface area contributed by atoms with Crippen molar-refractivity contribution in [2.45, 2.75) is 57.7 Å². The van der Waals surface area contributed by atoms with Gasteiger partial charge in [0.05, 0.1) is 10.5 Å². The van der Waals surface area contributed by atoms with Gasteiger partial charge in [-0.2, -0.15) is 0 Å². The number of carbonyl (C=O) groups excluding carboxylic acids is 2. The number of ether oxygens (including phenoxy) is 1. The van der Waals surface area contributed by atoms with Gasteiger partial charge in [-0.1, -0.05) is 12.1 Å². The minimum absolute atomic E-state index is 0.0399. The van der Waals surface area contributed by atoms with E-state index in [-0.39, 0.29) is 28.4 Å². The molecule has 0 saturated carbocycles. The van der Waals surface area contributed by atoms with E-state index in [9.17, 15) is 18.0 Å². The molecular formula is C17H25NO5S. The average molecular weight is 355 g/mol. The van der Waals surface area contributed by atoms with Crippen molar-refractivity contribution in [3.8, 4) is 0 Å². The summed E-state index contributed by atoms with van der Waals surface area (Å²) in [7, 11) is -3.57. The van der Waals surface area contributed by atoms with Gasteiger partial charge in [-0.05, 0) is 46.8 Å². The fourth-order valence-electron chi connectivity index (χ4n) is 2.55. The van der Waals surface area contributed by atoms with E-state index in [1.165, 1.54) is 25.1 Å². The summed E-state index contributed by atoms with van der Waals surface area (Å²) in [6.07, 6.45) is 0.0161. The van der Waals surface area contributed by atoms with Crippen LogP contribution in [0.5, 0.6) is 0 Å². The summed E-state index contributed by atoms with van der Waals surface area (Å²) in [6.45, 7) is 9.01. The molecule has 1 aromatic carbocycles. The van der Waals surface area contributed by atoms with Gasteiger partial charge in [0.2, 0.25) is 0 Å². The molecule has 1 aromatic rings. The van der Waals surface area contributed by atoms with Crippen LogP contribution >= 0.6 is 0 Å². The molecule has 0 bridgehead atoms. The Balaban J connectivity index is 3.02. The van der Waals surface area contributed by atoms with Crippen molar-refractivity contribution in [2.75, 3.05) is 6.26 Å². The molecule has 6 nitrogen and oxygen atoms in total. The lowest BCUT2D eigenvalue weighted by Gasteiger charge is -2.32. The molecule has 0 radical (unpaired) electrons. The number of benzene rings is 1. The second kappa shape index (κ2) is 7.79. The van der Waals surface area contributed by atoms with Crippen LogP contribution in [-0.4, -0.2) is 49.6 Å². The summed E-state index contributed by atoms with van der Waals surface area (Å²) in [5, 5.41) is 0. The number of sulfone groups is 1. The second-order valence-electron chi connectivity index (χ2n) is 6.25. The highest BCUT2D eigenvalue weighted by atomic mass is 32.2. The molecule has 0 spiro atoms. The fraction of sp³-hybridized carbons (Fsp3) is 0.529. The first-order valence-electron chi connectivity index (χ1n) is 7.79. The fourth-order valence-corrected chi connectivity index (χ4v) is 3.42. The third-order valence-corrected chi connectivity index (χ3v) is 4.66. The van der Waals surface area contributed by atoms with E-state index in [0.717, 1.165) is 6.26 Å². The van der Waals surface area contributed by atoms with Gasteiger partial charge in [0.15, 0.2) is 15.9 Å². The van der Waals surface area contributed by atoms with Crippen LogP contribution in [-0.2, 0) is 19.4 Å². The van der Waals surface area contributed by atoms with Gasteiger partial charge < -0.3 is 9.64 Å². The molecule has 24 heavy (non-hydrogen) atoms. The lowest BCUT2D eigenvalue weighted by molar-refractivity contribution is -0.143. The van der Waals surface area contributed by atoms with E-state index in [1.54, 1.807) is 11.0 Å². The minimum Gasteiger partial charge on any atom is -0.449 e. The topological polar surface area (TPSA) is 80.8 Å². The van der Waals surface area contributed by atoms with Crippen LogP contribution in [0.3, 0.4) is 0 Å². The molecule has 0 N–H and O–H groups in total. The molecule has 0 aliphatic carbocycles. The second-order valence-corrected chi connectivity index (χ2v) is 8.23. The van der Waals surface area contributed by atoms with Crippen molar-refractivity contribution < 1.29 is 22.7 Å². The zero-order valence-electron chi connectivity index (χ0n) is 14.9. The third kappa shape index (κ3) is 4.80. The maximum atomic E-state index is 12.5. The summed E-state index contributed by atoms with van der Waals surface area (Å²) in [4.78, 5) is 26.4. The molecule has 0 fully saturated rings. The van der Waals surface area contributed by atoms with Crippen molar-refractivity contribution in [1.29, 1.82) is 0 Å². The molecule has 0 heterocycles. The Bertz CT molecular complexity index is 701. The van der Waals surface area contributed by atoms with Crippen molar-refractivity contribution in [3.05, 3.63) is 29.8 Å². The van der Waals surface area contributed by atoms with E-state index in [1.807, 2.05) is 27.7 Å². The summed E-state index contributed by atoms with van der Waals surface area (Å²) in [5.74, 6) is -1.14. The summed E-state index contributed by atoms with van der Waals surface area (Å²) in [5.41, 5.74) is -0.0692. The highest BCUT2D eigenvalue weighted by molar-refractivity contribution is 7.90. The quantitative estimate of drug-likeness (QED) is 0.731. The van der Waals surface area contributed by atoms with Gasteiger partial charge in [-0.3, -0.25) is 4.79 Å². The Morgan fingerprint density at radius 2 is 1.50 bits per heavy atom. The van der Waals surface area contributed by atoms with E-state index in [4.69, 9.17) is 4.74 Å². The molecule has 0 unspecified atom stereocenters. The molecule has 1 atom stereocenters. The summed E-state index contributed by atoms with van der Waals surface area (Å²) < 4.78 is 28.8. The first-order chi connectivity index (χ1) is 11.0. The number of esters is 1. The van der Waals surface area contributed by atoms with Crippen LogP contribution in [0.25, 0.3) is 0 Å². The standard InChI is InChI=1S/C17H25NO5S/c1-11(2)18(12(3)4)16(19)13(5)23-17(20)14-9-7-8-10-15(14)24(6,21)22/h7-13H,1-6H3/t13-/m1/s1. The lowest BCUT2D eigenvalue weighted by Crippen LogP contribution is -2.47. The number of rotatable bonds is 6. The predicted molar refractivity (Wildman–Crippen MR) is 91.5 cm³/mol. The highest BCUT2D eigenvalue weighted by Crippen LogP contribution is 2.18. The van der Waals surface area contributed by atoms with Gasteiger partial charge in [0.1, 0.15) is 0 Å². The van der Waals surface area contributed by atoms with Gasteiger partial charge >= 0.3 is 5.97 Å². The minimum atomic E-state index is -3.57. The SMILES string of the molecule is CC(C)N(C(=O)[C@@H](C)OC(=O)c1ccccc1S(C)(=O)=O)C(C)C. The lowest BCUT2D eigenvalue weighted by atomic mass is 10.2. The molecule has 0 saturated heterocycles. The van der Waals surface area contributed by atoms with Crippen molar-refractivity contribution in [2.24, 2.45) is 0 Å². The molecule has 0 aliphatic heterocycles. The molecule has 7 heteroatoms. The van der Waals surface area contributed by atoms with E-state index in [0.29, 0.717) is 0 Å².